The van der Waals surface area contributed by atoms with Crippen LogP contribution in [0.1, 0.15) is 30.8 Å². The van der Waals surface area contributed by atoms with Gasteiger partial charge >= 0.3 is 0 Å². The lowest BCUT2D eigenvalue weighted by molar-refractivity contribution is 0.509. The van der Waals surface area contributed by atoms with Crippen molar-refractivity contribution in [2.45, 2.75) is 34.2 Å². The van der Waals surface area contributed by atoms with E-state index < -0.39 is 0 Å². The van der Waals surface area contributed by atoms with Crippen molar-refractivity contribution < 1.29 is 0 Å². The van der Waals surface area contributed by atoms with Crippen LogP contribution in [0.5, 0.6) is 0 Å². The van der Waals surface area contributed by atoms with Gasteiger partial charge in [0.15, 0.2) is 5.82 Å². The van der Waals surface area contributed by atoms with Gasteiger partial charge in [-0.3, -0.25) is 5.43 Å². The maximum atomic E-state index is 4.37. The Bertz CT molecular complexity index is 871. The molecular weight excluding hydrogens is 298 g/mol. The molecule has 1 N–H and O–H groups in total. The minimum absolute atomic E-state index is 0.615. The fourth-order valence-corrected chi connectivity index (χ4v) is 2.88. The topological polar surface area (TPSA) is 55.1 Å². The van der Waals surface area contributed by atoms with E-state index in [1.807, 2.05) is 30.5 Å². The summed E-state index contributed by atoms with van der Waals surface area (Å²) in [7, 11) is 0. The normalized spacial score (nSPS) is 11.7. The van der Waals surface area contributed by atoms with Gasteiger partial charge in [-0.05, 0) is 25.8 Å². The fraction of sp³-hybridized carbons (Fsp3) is 0.316. The summed E-state index contributed by atoms with van der Waals surface area (Å²) in [6.07, 6.45) is 3.60. The van der Waals surface area contributed by atoms with E-state index in [1.54, 1.807) is 6.20 Å². The molecule has 0 amide bonds. The zero-order chi connectivity index (χ0) is 17.1. The summed E-state index contributed by atoms with van der Waals surface area (Å²) in [5.41, 5.74) is 6.63. The molecular formula is C19H23N5. The van der Waals surface area contributed by atoms with Gasteiger partial charge in [0.05, 0.1) is 12.4 Å². The molecule has 3 rings (SSSR count). The molecule has 1 aromatic carbocycles. The van der Waals surface area contributed by atoms with Gasteiger partial charge in [-0.25, -0.2) is 0 Å². The van der Waals surface area contributed by atoms with Crippen molar-refractivity contribution in [2.24, 2.45) is 11.0 Å². The van der Waals surface area contributed by atoms with E-state index in [-0.39, 0.29) is 0 Å². The Morgan fingerprint density at radius 1 is 1.25 bits per heavy atom. The highest BCUT2D eigenvalue weighted by molar-refractivity contribution is 5.91. The Balaban J connectivity index is 1.82. The fourth-order valence-electron chi connectivity index (χ4n) is 2.88. The zero-order valence-corrected chi connectivity index (χ0v) is 14.6. The van der Waals surface area contributed by atoms with E-state index in [0.717, 1.165) is 22.9 Å². The quantitative estimate of drug-likeness (QED) is 0.567. The van der Waals surface area contributed by atoms with Gasteiger partial charge in [-0.1, -0.05) is 38.1 Å². The maximum Gasteiger partial charge on any atom is 0.176 e. The van der Waals surface area contributed by atoms with Gasteiger partial charge in [-0.2, -0.15) is 10.2 Å². The van der Waals surface area contributed by atoms with Crippen molar-refractivity contribution in [1.29, 1.82) is 0 Å². The molecule has 0 fully saturated rings. The van der Waals surface area contributed by atoms with Crippen molar-refractivity contribution in [3.8, 4) is 0 Å². The first-order valence-corrected chi connectivity index (χ1v) is 8.22. The van der Waals surface area contributed by atoms with Gasteiger partial charge < -0.3 is 4.57 Å². The largest absolute Gasteiger partial charge is 0.348 e. The summed E-state index contributed by atoms with van der Waals surface area (Å²) in [4.78, 5) is 0. The maximum absolute atomic E-state index is 4.37. The summed E-state index contributed by atoms with van der Waals surface area (Å²) in [5, 5.41) is 14.6. The van der Waals surface area contributed by atoms with E-state index in [0.29, 0.717) is 11.7 Å². The third kappa shape index (κ3) is 3.30. The average molecular weight is 321 g/mol. The van der Waals surface area contributed by atoms with Crippen LogP contribution in [0, 0.1) is 19.8 Å². The lowest BCUT2D eigenvalue weighted by atomic mass is 10.2. The molecule has 0 atom stereocenters. The molecule has 0 spiro atoms. The molecule has 24 heavy (non-hydrogen) atoms. The van der Waals surface area contributed by atoms with Crippen molar-refractivity contribution >= 4 is 22.8 Å². The van der Waals surface area contributed by atoms with Crippen LogP contribution in [-0.2, 0) is 6.54 Å². The third-order valence-electron chi connectivity index (χ3n) is 4.11. The van der Waals surface area contributed by atoms with Crippen molar-refractivity contribution in [2.75, 3.05) is 5.43 Å². The molecule has 0 saturated carbocycles. The number of anilines is 1. The Morgan fingerprint density at radius 3 is 2.83 bits per heavy atom. The van der Waals surface area contributed by atoms with Crippen LogP contribution in [0.4, 0.5) is 5.82 Å². The number of hydrazone groups is 1. The van der Waals surface area contributed by atoms with E-state index in [1.165, 1.54) is 11.4 Å². The van der Waals surface area contributed by atoms with Gasteiger partial charge in [0, 0.05) is 34.3 Å². The molecule has 0 aliphatic heterocycles. The highest BCUT2D eigenvalue weighted by Crippen LogP contribution is 2.19. The van der Waals surface area contributed by atoms with Crippen LogP contribution in [0.15, 0.2) is 41.6 Å². The second kappa shape index (κ2) is 6.83. The number of nitrogens with zero attached hydrogens (tertiary/aromatic N) is 4. The second-order valence-corrected chi connectivity index (χ2v) is 6.48. The van der Waals surface area contributed by atoms with Crippen LogP contribution >= 0.6 is 0 Å². The Labute approximate surface area is 142 Å². The predicted octanol–water partition coefficient (Wildman–Crippen LogP) is 4.15. The first-order chi connectivity index (χ1) is 11.6. The summed E-state index contributed by atoms with van der Waals surface area (Å²) >= 11 is 0. The standard InChI is InChI=1S/C19H23N5/c1-13(2)12-24-14(3)9-17(15(24)4)11-21-23-19-18-8-6-5-7-16(18)10-20-22-19/h5-11,13H,12H2,1-4H3,(H,22,23)/b21-11-. The molecule has 0 aliphatic carbocycles. The monoisotopic (exact) mass is 321 g/mol. The predicted molar refractivity (Wildman–Crippen MR) is 99.5 cm³/mol. The lowest BCUT2D eigenvalue weighted by Gasteiger charge is -2.11. The Hall–Kier alpha value is -2.69. The first-order valence-electron chi connectivity index (χ1n) is 8.22. The van der Waals surface area contributed by atoms with Crippen LogP contribution in [-0.4, -0.2) is 21.0 Å². The van der Waals surface area contributed by atoms with E-state index in [9.17, 15) is 0 Å². The number of rotatable bonds is 5. The van der Waals surface area contributed by atoms with Crippen LogP contribution in [0.25, 0.3) is 10.8 Å². The Morgan fingerprint density at radius 2 is 2.04 bits per heavy atom. The van der Waals surface area contributed by atoms with E-state index in [4.69, 9.17) is 0 Å². The first kappa shape index (κ1) is 16.2. The second-order valence-electron chi connectivity index (χ2n) is 6.48. The summed E-state index contributed by atoms with van der Waals surface area (Å²) < 4.78 is 2.34. The van der Waals surface area contributed by atoms with Gasteiger partial charge in [0.25, 0.3) is 0 Å². The van der Waals surface area contributed by atoms with Crippen LogP contribution in [0.3, 0.4) is 0 Å². The van der Waals surface area contributed by atoms with E-state index >= 15 is 0 Å². The molecule has 5 heteroatoms. The van der Waals surface area contributed by atoms with Crippen LogP contribution in [0.2, 0.25) is 0 Å². The molecule has 0 unspecified atom stereocenters. The summed E-state index contributed by atoms with van der Waals surface area (Å²) in [5.74, 6) is 1.28. The molecule has 0 radical (unpaired) electrons. The van der Waals surface area contributed by atoms with Crippen molar-refractivity contribution in [1.82, 2.24) is 14.8 Å². The Kier molecular flexibility index (Phi) is 4.60. The highest BCUT2D eigenvalue weighted by atomic mass is 15.3. The number of aryl methyl sites for hydroxylation is 1. The molecule has 2 heterocycles. The molecule has 0 bridgehead atoms. The SMILES string of the molecule is Cc1cc(/C=N\Nc2nncc3ccccc23)c(C)n1CC(C)C. The van der Waals surface area contributed by atoms with E-state index in [2.05, 4.69) is 59.1 Å². The number of hydrogen-bond acceptors (Lipinski definition) is 4. The lowest BCUT2D eigenvalue weighted by Crippen LogP contribution is -2.08. The minimum atomic E-state index is 0.615. The molecule has 124 valence electrons. The smallest absolute Gasteiger partial charge is 0.176 e. The molecule has 0 saturated heterocycles. The average Bonchev–Trinajstić information content (AvgIpc) is 2.82. The number of benzene rings is 1. The van der Waals surface area contributed by atoms with Crippen molar-refractivity contribution in [3.63, 3.8) is 0 Å². The third-order valence-corrected chi connectivity index (χ3v) is 4.11. The number of fused-ring (bicyclic) bond motifs is 1. The van der Waals surface area contributed by atoms with Crippen molar-refractivity contribution in [3.05, 3.63) is 53.5 Å². The molecule has 3 aromatic rings. The van der Waals surface area contributed by atoms with Crippen LogP contribution < -0.4 is 5.43 Å². The van der Waals surface area contributed by atoms with Gasteiger partial charge in [0.1, 0.15) is 0 Å². The van der Waals surface area contributed by atoms with Gasteiger partial charge in [-0.15, -0.1) is 5.10 Å². The number of nitrogens with one attached hydrogen (secondary N) is 1. The highest BCUT2D eigenvalue weighted by Gasteiger charge is 2.08. The molecule has 2 aromatic heterocycles. The molecule has 0 aliphatic rings. The summed E-state index contributed by atoms with van der Waals surface area (Å²) in [6.45, 7) is 9.75. The minimum Gasteiger partial charge on any atom is -0.348 e. The van der Waals surface area contributed by atoms with Gasteiger partial charge in [0.2, 0.25) is 0 Å². The zero-order valence-electron chi connectivity index (χ0n) is 14.6. The summed E-state index contributed by atoms with van der Waals surface area (Å²) in [6, 6.07) is 10.2. The molecule has 5 nitrogen and oxygen atoms in total. The number of aromatic nitrogens is 3. The number of hydrogen-bond donors (Lipinski definition) is 1.